The first kappa shape index (κ1) is 35.4. The Morgan fingerprint density at radius 1 is 0.274 bits per heavy atom. The molecule has 12 aromatic rings. The van der Waals surface area contributed by atoms with Gasteiger partial charge in [0, 0.05) is 62.0 Å². The van der Waals surface area contributed by atoms with Gasteiger partial charge in [-0.1, -0.05) is 133 Å². The Morgan fingerprint density at radius 2 is 0.645 bits per heavy atom. The maximum atomic E-state index is 5.36. The fourth-order valence-electron chi connectivity index (χ4n) is 8.81. The Kier molecular flexibility index (Phi) is 8.35. The molecule has 0 N–H and O–H groups in total. The van der Waals surface area contributed by atoms with E-state index in [1.54, 1.807) is 0 Å². The summed E-state index contributed by atoms with van der Waals surface area (Å²) in [6, 6.07) is 69.2. The third-order valence-electron chi connectivity index (χ3n) is 11.6. The van der Waals surface area contributed by atoms with Crippen molar-refractivity contribution in [1.82, 2.24) is 34.1 Å². The molecule has 6 heterocycles. The molecule has 290 valence electrons. The molecule has 7 nitrogen and oxygen atoms in total. The number of hydrogen-bond donors (Lipinski definition) is 0. The van der Waals surface area contributed by atoms with Gasteiger partial charge in [0.25, 0.3) is 0 Å². The molecule has 62 heavy (non-hydrogen) atoms. The molecule has 0 unspecified atom stereocenters. The first-order chi connectivity index (χ1) is 30.7. The van der Waals surface area contributed by atoms with Gasteiger partial charge in [-0.15, -0.1) is 0 Å². The van der Waals surface area contributed by atoms with Crippen LogP contribution in [0.4, 0.5) is 0 Å². The molecule has 0 saturated heterocycles. The molecule has 0 spiro atoms. The van der Waals surface area contributed by atoms with Gasteiger partial charge in [-0.2, -0.15) is 0 Å². The third-order valence-corrected chi connectivity index (χ3v) is 11.6. The summed E-state index contributed by atoms with van der Waals surface area (Å²) in [7, 11) is 0. The molecule has 0 radical (unpaired) electrons. The summed E-state index contributed by atoms with van der Waals surface area (Å²) < 4.78 is 4.60. The summed E-state index contributed by atoms with van der Waals surface area (Å²) in [5, 5.41) is 4.79. The van der Waals surface area contributed by atoms with Crippen molar-refractivity contribution in [1.29, 1.82) is 0 Å². The number of para-hydroxylation sites is 4. The molecule has 0 aliphatic carbocycles. The van der Waals surface area contributed by atoms with Gasteiger partial charge in [-0.25, -0.2) is 15.0 Å². The number of fused-ring (bicyclic) bond motifs is 6. The van der Waals surface area contributed by atoms with Crippen LogP contribution < -0.4 is 0 Å². The summed E-state index contributed by atoms with van der Waals surface area (Å²) in [4.78, 5) is 25.8. The smallest absolute Gasteiger partial charge is 0.160 e. The number of aromatic nitrogens is 7. The van der Waals surface area contributed by atoms with Gasteiger partial charge in [0.1, 0.15) is 0 Å². The molecule has 0 fully saturated rings. The highest BCUT2D eigenvalue weighted by Gasteiger charge is 2.19. The quantitative estimate of drug-likeness (QED) is 0.161. The third kappa shape index (κ3) is 6.02. The lowest BCUT2D eigenvalue weighted by Gasteiger charge is -2.14. The van der Waals surface area contributed by atoms with Crippen LogP contribution in [-0.2, 0) is 0 Å². The van der Waals surface area contributed by atoms with Crippen molar-refractivity contribution in [3.05, 3.63) is 213 Å². The van der Waals surface area contributed by atoms with Crippen molar-refractivity contribution in [2.24, 2.45) is 0 Å². The topological polar surface area (TPSA) is 74.3 Å². The maximum absolute atomic E-state index is 5.36. The number of pyridine rings is 3. The van der Waals surface area contributed by atoms with Crippen LogP contribution in [0.3, 0.4) is 0 Å². The lowest BCUT2D eigenvalue weighted by atomic mass is 10.1. The van der Waals surface area contributed by atoms with Crippen LogP contribution in [0.2, 0.25) is 0 Å². The second-order valence-corrected chi connectivity index (χ2v) is 15.4. The minimum atomic E-state index is 0.576. The Morgan fingerprint density at radius 3 is 1.05 bits per heavy atom. The molecule has 0 atom stereocenters. The minimum absolute atomic E-state index is 0.576. The Balaban J connectivity index is 1.08. The van der Waals surface area contributed by atoms with E-state index in [0.29, 0.717) is 28.6 Å². The average molecular weight is 794 g/mol. The van der Waals surface area contributed by atoms with Gasteiger partial charge in [-0.05, 0) is 66.7 Å². The summed E-state index contributed by atoms with van der Waals surface area (Å²) in [6.45, 7) is 0. The zero-order valence-corrected chi connectivity index (χ0v) is 33.3. The molecule has 6 aromatic heterocycles. The monoisotopic (exact) mass is 793 g/mol. The molecular formula is C55H35N7. The standard InChI is InChI=1S/C55H35N7/c1-3-15-36(16-4-1)45-35-46(37-17-5-2-6-18-37)60-55(59-45)38-31-49(47-33-39(27-29-56-47)61-51-23-11-7-19-41(51)42-20-8-12-24-52(42)61)58-50(32-38)48-34-40(28-30-57-48)62-53-25-13-9-21-43(53)44-22-10-14-26-54(44)62/h1-35H. The molecule has 0 saturated carbocycles. The number of rotatable bonds is 7. The second kappa shape index (κ2) is 14.6. The van der Waals surface area contributed by atoms with E-state index >= 15 is 0 Å². The molecule has 12 rings (SSSR count). The summed E-state index contributed by atoms with van der Waals surface area (Å²) >= 11 is 0. The van der Waals surface area contributed by atoms with Crippen molar-refractivity contribution in [3.8, 4) is 68.1 Å². The maximum Gasteiger partial charge on any atom is 0.160 e. The predicted molar refractivity (Wildman–Crippen MR) is 251 cm³/mol. The Labute approximate surface area is 356 Å². The van der Waals surface area contributed by atoms with Crippen LogP contribution in [-0.4, -0.2) is 34.1 Å². The highest BCUT2D eigenvalue weighted by Crippen LogP contribution is 2.37. The van der Waals surface area contributed by atoms with Crippen molar-refractivity contribution >= 4 is 43.6 Å². The zero-order chi connectivity index (χ0) is 41.0. The first-order valence-electron chi connectivity index (χ1n) is 20.7. The van der Waals surface area contributed by atoms with Crippen molar-refractivity contribution < 1.29 is 0 Å². The SMILES string of the molecule is c1ccc(-c2cc(-c3ccccc3)nc(-c3cc(-c4cc(-n5c6ccccc6c6ccccc65)ccn4)nc(-c4cc(-n5c6ccccc6c6ccccc65)ccn4)c3)n2)cc1. The number of nitrogens with zero attached hydrogens (tertiary/aromatic N) is 7. The highest BCUT2D eigenvalue weighted by molar-refractivity contribution is 6.10. The fraction of sp³-hybridized carbons (Fsp3) is 0. The molecule has 0 bridgehead atoms. The summed E-state index contributed by atoms with van der Waals surface area (Å²) in [5.74, 6) is 0.576. The first-order valence-corrected chi connectivity index (χ1v) is 20.7. The van der Waals surface area contributed by atoms with Crippen LogP contribution in [0.15, 0.2) is 213 Å². The highest BCUT2D eigenvalue weighted by atomic mass is 15.0. The van der Waals surface area contributed by atoms with Crippen LogP contribution in [0, 0.1) is 0 Å². The lowest BCUT2D eigenvalue weighted by molar-refractivity contribution is 1.13. The van der Waals surface area contributed by atoms with Gasteiger partial charge in [0.05, 0.1) is 56.2 Å². The molecule has 0 amide bonds. The van der Waals surface area contributed by atoms with Gasteiger partial charge < -0.3 is 9.13 Å². The predicted octanol–water partition coefficient (Wildman–Crippen LogP) is 13.2. The van der Waals surface area contributed by atoms with E-state index in [1.807, 2.05) is 48.8 Å². The second-order valence-electron chi connectivity index (χ2n) is 15.4. The average Bonchev–Trinajstić information content (AvgIpc) is 3.87. The minimum Gasteiger partial charge on any atom is -0.309 e. The van der Waals surface area contributed by atoms with Crippen LogP contribution in [0.25, 0.3) is 112 Å². The van der Waals surface area contributed by atoms with Gasteiger partial charge >= 0.3 is 0 Å². The van der Waals surface area contributed by atoms with Crippen LogP contribution in [0.1, 0.15) is 0 Å². The summed E-state index contributed by atoms with van der Waals surface area (Å²) in [5.41, 5.74) is 13.7. The van der Waals surface area contributed by atoms with E-state index in [-0.39, 0.29) is 0 Å². The van der Waals surface area contributed by atoms with E-state index in [4.69, 9.17) is 24.9 Å². The van der Waals surface area contributed by atoms with E-state index < -0.39 is 0 Å². The molecule has 0 aliphatic rings. The van der Waals surface area contributed by atoms with E-state index in [2.05, 4.69) is 173 Å². The van der Waals surface area contributed by atoms with E-state index in [1.165, 1.54) is 21.5 Å². The van der Waals surface area contributed by atoms with Crippen molar-refractivity contribution in [2.75, 3.05) is 0 Å². The molecule has 6 aromatic carbocycles. The molecule has 7 heteroatoms. The van der Waals surface area contributed by atoms with E-state index in [0.717, 1.165) is 61.5 Å². The van der Waals surface area contributed by atoms with Gasteiger partial charge in [0.15, 0.2) is 5.82 Å². The van der Waals surface area contributed by atoms with Gasteiger partial charge in [-0.3, -0.25) is 9.97 Å². The van der Waals surface area contributed by atoms with Crippen LogP contribution in [0.5, 0.6) is 0 Å². The van der Waals surface area contributed by atoms with E-state index in [9.17, 15) is 0 Å². The Hall–Kier alpha value is -8.55. The van der Waals surface area contributed by atoms with Gasteiger partial charge in [0.2, 0.25) is 0 Å². The fourth-order valence-corrected chi connectivity index (χ4v) is 8.81. The lowest BCUT2D eigenvalue weighted by Crippen LogP contribution is -2.01. The zero-order valence-electron chi connectivity index (χ0n) is 33.3. The van der Waals surface area contributed by atoms with Crippen molar-refractivity contribution in [3.63, 3.8) is 0 Å². The van der Waals surface area contributed by atoms with Crippen molar-refractivity contribution in [2.45, 2.75) is 0 Å². The van der Waals surface area contributed by atoms with Crippen LogP contribution >= 0.6 is 0 Å². The Bertz CT molecular complexity index is 3310. The summed E-state index contributed by atoms with van der Waals surface area (Å²) in [6.07, 6.45) is 3.73. The normalized spacial score (nSPS) is 11.5. The largest absolute Gasteiger partial charge is 0.309 e. The number of hydrogen-bond acceptors (Lipinski definition) is 5. The molecule has 0 aliphatic heterocycles. The number of benzene rings is 6. The molecular weight excluding hydrogens is 759 g/mol.